The quantitative estimate of drug-likeness (QED) is 0.835. The van der Waals surface area contributed by atoms with E-state index in [0.717, 1.165) is 30.6 Å². The fraction of sp³-hybridized carbons (Fsp3) is 0.556. The van der Waals surface area contributed by atoms with Gasteiger partial charge < -0.3 is 15.1 Å². The van der Waals surface area contributed by atoms with Gasteiger partial charge in [-0.3, -0.25) is 4.79 Å². The molecule has 2 aromatic heterocycles. The van der Waals surface area contributed by atoms with Gasteiger partial charge in [0.1, 0.15) is 0 Å². The molecule has 26 heavy (non-hydrogen) atoms. The zero-order valence-corrected chi connectivity index (χ0v) is 16.6. The van der Waals surface area contributed by atoms with Crippen LogP contribution < -0.4 is 15.1 Å². The van der Waals surface area contributed by atoms with Gasteiger partial charge in [0.2, 0.25) is 17.8 Å². The second-order valence-electron chi connectivity index (χ2n) is 7.09. The summed E-state index contributed by atoms with van der Waals surface area (Å²) in [6.07, 6.45) is 3.99. The molecule has 0 spiro atoms. The molecule has 0 aromatic carbocycles. The van der Waals surface area contributed by atoms with Crippen molar-refractivity contribution in [3.8, 4) is 0 Å². The summed E-state index contributed by atoms with van der Waals surface area (Å²) in [4.78, 5) is 31.3. The summed E-state index contributed by atoms with van der Waals surface area (Å²) in [5.41, 5.74) is -0.393. The summed E-state index contributed by atoms with van der Waals surface area (Å²) < 4.78 is 0. The van der Waals surface area contributed by atoms with Crippen molar-refractivity contribution in [2.45, 2.75) is 37.6 Å². The minimum absolute atomic E-state index is 0.0793. The smallest absolute Gasteiger partial charge is 0.231 e. The van der Waals surface area contributed by atoms with Crippen molar-refractivity contribution >= 4 is 29.1 Å². The fourth-order valence-electron chi connectivity index (χ4n) is 3.32. The third kappa shape index (κ3) is 3.65. The molecule has 7 nitrogen and oxygen atoms in total. The lowest BCUT2D eigenvalue weighted by molar-refractivity contribution is -0.126. The van der Waals surface area contributed by atoms with Crippen LogP contribution in [-0.4, -0.2) is 49.0 Å². The maximum atomic E-state index is 13.1. The predicted molar refractivity (Wildman–Crippen MR) is 105 cm³/mol. The van der Waals surface area contributed by atoms with E-state index in [9.17, 15) is 4.79 Å². The van der Waals surface area contributed by atoms with Gasteiger partial charge in [0, 0.05) is 33.1 Å². The van der Waals surface area contributed by atoms with Gasteiger partial charge in [-0.1, -0.05) is 18.9 Å². The summed E-state index contributed by atoms with van der Waals surface area (Å²) in [5, 5.41) is 5.12. The van der Waals surface area contributed by atoms with E-state index in [1.54, 1.807) is 11.3 Å². The SMILES string of the molecule is CN(C)c1nc(CNC(=O)C2(c3cccs3)CCCC2)nc(N(C)C)n1. The number of carbonyl (C=O) groups is 1. The molecular formula is C18H26N6OS. The Labute approximate surface area is 158 Å². The molecule has 0 unspecified atom stereocenters. The standard InChI is InChI=1S/C18H26N6OS/c1-23(2)16-20-14(21-17(22-16)24(3)4)12-19-15(25)18(9-5-6-10-18)13-8-7-11-26-13/h7-8,11H,5-6,9-10,12H2,1-4H3,(H,19,25). The minimum atomic E-state index is -0.393. The second-order valence-corrected chi connectivity index (χ2v) is 8.04. The third-order valence-corrected chi connectivity index (χ3v) is 5.82. The number of carbonyl (C=O) groups excluding carboxylic acids is 1. The molecular weight excluding hydrogens is 348 g/mol. The van der Waals surface area contributed by atoms with Gasteiger partial charge >= 0.3 is 0 Å². The minimum Gasteiger partial charge on any atom is -0.348 e. The Kier molecular flexibility index (Phi) is 5.41. The zero-order chi connectivity index (χ0) is 18.7. The largest absolute Gasteiger partial charge is 0.348 e. The van der Waals surface area contributed by atoms with Gasteiger partial charge in [0.15, 0.2) is 5.82 Å². The number of anilines is 2. The van der Waals surface area contributed by atoms with Crippen LogP contribution in [-0.2, 0) is 16.8 Å². The number of nitrogens with zero attached hydrogens (tertiary/aromatic N) is 5. The molecule has 1 fully saturated rings. The monoisotopic (exact) mass is 374 g/mol. The van der Waals surface area contributed by atoms with E-state index in [1.165, 1.54) is 0 Å². The van der Waals surface area contributed by atoms with Crippen molar-refractivity contribution in [2.24, 2.45) is 0 Å². The molecule has 2 aromatic rings. The van der Waals surface area contributed by atoms with E-state index in [2.05, 4.69) is 26.3 Å². The second kappa shape index (κ2) is 7.57. The summed E-state index contributed by atoms with van der Waals surface area (Å²) >= 11 is 1.67. The zero-order valence-electron chi connectivity index (χ0n) is 15.8. The van der Waals surface area contributed by atoms with Crippen LogP contribution in [0.1, 0.15) is 36.4 Å². The highest BCUT2D eigenvalue weighted by molar-refractivity contribution is 7.10. The molecule has 8 heteroatoms. The van der Waals surface area contributed by atoms with Crippen LogP contribution in [0.5, 0.6) is 0 Å². The average molecular weight is 375 g/mol. The molecule has 0 radical (unpaired) electrons. The Bertz CT molecular complexity index is 727. The number of amides is 1. The highest BCUT2D eigenvalue weighted by Gasteiger charge is 2.43. The Morgan fingerprint density at radius 1 is 1.12 bits per heavy atom. The molecule has 0 bridgehead atoms. The van der Waals surface area contributed by atoms with Gasteiger partial charge in [-0.15, -0.1) is 11.3 Å². The molecule has 3 rings (SSSR count). The molecule has 140 valence electrons. The van der Waals surface area contributed by atoms with E-state index >= 15 is 0 Å². The first-order chi connectivity index (χ1) is 12.4. The fourth-order valence-corrected chi connectivity index (χ4v) is 4.30. The maximum Gasteiger partial charge on any atom is 0.231 e. The van der Waals surface area contributed by atoms with E-state index in [4.69, 9.17) is 0 Å². The van der Waals surface area contributed by atoms with Crippen LogP contribution in [0.2, 0.25) is 0 Å². The molecule has 0 saturated heterocycles. The van der Waals surface area contributed by atoms with Crippen molar-refractivity contribution < 1.29 is 4.79 Å². The summed E-state index contributed by atoms with van der Waals surface area (Å²) in [6, 6.07) is 4.10. The highest BCUT2D eigenvalue weighted by Crippen LogP contribution is 2.43. The first kappa shape index (κ1) is 18.6. The number of nitrogens with one attached hydrogen (secondary N) is 1. The van der Waals surface area contributed by atoms with Crippen molar-refractivity contribution in [1.82, 2.24) is 20.3 Å². The average Bonchev–Trinajstić information content (AvgIpc) is 3.31. The number of aromatic nitrogens is 3. The van der Waals surface area contributed by atoms with E-state index in [1.807, 2.05) is 49.4 Å². The molecule has 1 N–H and O–H groups in total. The lowest BCUT2D eigenvalue weighted by Crippen LogP contribution is -2.42. The Hall–Kier alpha value is -2.22. The maximum absolute atomic E-state index is 13.1. The number of rotatable bonds is 6. The normalized spacial score (nSPS) is 15.7. The van der Waals surface area contributed by atoms with Crippen molar-refractivity contribution in [3.63, 3.8) is 0 Å². The highest BCUT2D eigenvalue weighted by atomic mass is 32.1. The van der Waals surface area contributed by atoms with E-state index < -0.39 is 5.41 Å². The third-order valence-electron chi connectivity index (χ3n) is 4.75. The molecule has 0 aliphatic heterocycles. The van der Waals surface area contributed by atoms with Crippen LogP contribution in [0.25, 0.3) is 0 Å². The van der Waals surface area contributed by atoms with E-state index in [-0.39, 0.29) is 5.91 Å². The number of hydrogen-bond donors (Lipinski definition) is 1. The summed E-state index contributed by atoms with van der Waals surface area (Å²) in [6.45, 7) is 0.302. The first-order valence-electron chi connectivity index (χ1n) is 8.84. The lowest BCUT2D eigenvalue weighted by atomic mass is 9.83. The first-order valence-corrected chi connectivity index (χ1v) is 9.72. The van der Waals surface area contributed by atoms with Crippen LogP contribution in [0.3, 0.4) is 0 Å². The summed E-state index contributed by atoms with van der Waals surface area (Å²) in [7, 11) is 7.56. The molecule has 1 amide bonds. The molecule has 1 aliphatic rings. The van der Waals surface area contributed by atoms with Crippen molar-refractivity contribution in [3.05, 3.63) is 28.2 Å². The molecule has 2 heterocycles. The van der Waals surface area contributed by atoms with Gasteiger partial charge in [-0.2, -0.15) is 15.0 Å². The van der Waals surface area contributed by atoms with Crippen LogP contribution in [0.15, 0.2) is 17.5 Å². The Balaban J connectivity index is 1.79. The van der Waals surface area contributed by atoms with Crippen LogP contribution in [0.4, 0.5) is 11.9 Å². The van der Waals surface area contributed by atoms with Gasteiger partial charge in [-0.25, -0.2) is 0 Å². The molecule has 1 saturated carbocycles. The van der Waals surface area contributed by atoms with Gasteiger partial charge in [0.25, 0.3) is 0 Å². The van der Waals surface area contributed by atoms with Crippen molar-refractivity contribution in [2.75, 3.05) is 38.0 Å². The topological polar surface area (TPSA) is 74.2 Å². The number of thiophene rings is 1. The molecule has 0 atom stereocenters. The van der Waals surface area contributed by atoms with Crippen LogP contribution >= 0.6 is 11.3 Å². The van der Waals surface area contributed by atoms with Crippen molar-refractivity contribution in [1.29, 1.82) is 0 Å². The Morgan fingerprint density at radius 2 is 1.73 bits per heavy atom. The van der Waals surface area contributed by atoms with Gasteiger partial charge in [-0.05, 0) is 24.3 Å². The number of hydrogen-bond acceptors (Lipinski definition) is 7. The lowest BCUT2D eigenvalue weighted by Gasteiger charge is -2.26. The van der Waals surface area contributed by atoms with E-state index in [0.29, 0.717) is 24.3 Å². The van der Waals surface area contributed by atoms with Gasteiger partial charge in [0.05, 0.1) is 12.0 Å². The van der Waals surface area contributed by atoms with Crippen LogP contribution in [0, 0.1) is 0 Å². The summed E-state index contributed by atoms with van der Waals surface area (Å²) in [5.74, 6) is 1.82. The Morgan fingerprint density at radius 3 is 2.23 bits per heavy atom. The predicted octanol–water partition coefficient (Wildman–Crippen LogP) is 2.19. The molecule has 1 aliphatic carbocycles.